The first kappa shape index (κ1) is 42.2. The Labute approximate surface area is 358 Å². The molecule has 1 saturated heterocycles. The second kappa shape index (κ2) is 18.2. The minimum absolute atomic E-state index is 0.00351. The molecule has 0 spiro atoms. The normalized spacial score (nSPS) is 25.5. The van der Waals surface area contributed by atoms with Crippen molar-refractivity contribution >= 4 is 56.2 Å². The topological polar surface area (TPSA) is 195 Å². The van der Waals surface area contributed by atoms with Gasteiger partial charge in [-0.05, 0) is 87.1 Å². The van der Waals surface area contributed by atoms with E-state index < -0.39 is 63.5 Å². The van der Waals surface area contributed by atoms with Gasteiger partial charge in [0.25, 0.3) is 15.9 Å². The van der Waals surface area contributed by atoms with Crippen LogP contribution in [0.15, 0.2) is 83.1 Å². The summed E-state index contributed by atoms with van der Waals surface area (Å²) in [6, 6.07) is 14.5. The van der Waals surface area contributed by atoms with Gasteiger partial charge in [-0.2, -0.15) is 0 Å². The van der Waals surface area contributed by atoms with Crippen molar-refractivity contribution in [1.82, 2.24) is 30.2 Å². The number of benzene rings is 2. The first-order valence-electron chi connectivity index (χ1n) is 21.0. The van der Waals surface area contributed by atoms with Crippen LogP contribution in [-0.4, -0.2) is 90.6 Å². The Balaban J connectivity index is 1.11. The predicted octanol–water partition coefficient (Wildman–Crippen LogP) is 6.04. The average molecular weight is 871 g/mol. The third-order valence-corrected chi connectivity index (χ3v) is 14.1. The van der Waals surface area contributed by atoms with E-state index in [1.165, 1.54) is 28.4 Å². The van der Waals surface area contributed by atoms with Gasteiger partial charge in [0, 0.05) is 18.4 Å². The number of allylic oxidation sites excluding steroid dienone is 1. The molecule has 3 fully saturated rings. The van der Waals surface area contributed by atoms with E-state index in [1.807, 2.05) is 29.7 Å². The van der Waals surface area contributed by atoms with Crippen molar-refractivity contribution in [2.75, 3.05) is 13.7 Å². The molecule has 4 heterocycles. The first-order chi connectivity index (χ1) is 29.5. The lowest BCUT2D eigenvalue weighted by atomic mass is 9.98. The maximum Gasteiger partial charge on any atom is 0.408 e. The third kappa shape index (κ3) is 9.52. The van der Waals surface area contributed by atoms with Crippen molar-refractivity contribution in [3.63, 3.8) is 0 Å². The number of nitrogens with zero attached hydrogens (tertiary/aromatic N) is 3. The summed E-state index contributed by atoms with van der Waals surface area (Å²) in [5.74, 6) is -1.69. The number of thiophene rings is 1. The summed E-state index contributed by atoms with van der Waals surface area (Å²) in [6.07, 6.45) is 9.93. The van der Waals surface area contributed by atoms with Gasteiger partial charge in [-0.15, -0.1) is 11.3 Å². The number of rotatable bonds is 9. The molecule has 2 aliphatic carbocycles. The first-order valence-corrected chi connectivity index (χ1v) is 23.3. The molecule has 8 rings (SSSR count). The molecular weight excluding hydrogens is 821 g/mol. The number of hydrogen-bond donors (Lipinski definition) is 3. The molecule has 2 aliphatic heterocycles. The Morgan fingerprint density at radius 1 is 0.918 bits per heavy atom. The average Bonchev–Trinajstić information content (AvgIpc) is 3.54. The largest absolute Gasteiger partial charge is 0.497 e. The van der Waals surface area contributed by atoms with Crippen LogP contribution < -0.4 is 24.8 Å². The Morgan fingerprint density at radius 3 is 2.48 bits per heavy atom. The van der Waals surface area contributed by atoms with E-state index >= 15 is 0 Å². The Kier molecular flexibility index (Phi) is 12.6. The van der Waals surface area contributed by atoms with Crippen LogP contribution >= 0.6 is 11.3 Å². The monoisotopic (exact) mass is 870 g/mol. The quantitative estimate of drug-likeness (QED) is 0.166. The fraction of sp³-hybridized carbons (Fsp3) is 0.455. The molecule has 5 atom stereocenters. The minimum atomic E-state index is -4.28. The number of alkyl carbamates (subject to hydrolysis) is 1. The van der Waals surface area contributed by atoms with Gasteiger partial charge in [-0.25, -0.2) is 27.9 Å². The predicted molar refractivity (Wildman–Crippen MR) is 227 cm³/mol. The highest BCUT2D eigenvalue weighted by Gasteiger charge is 2.61. The smallest absolute Gasteiger partial charge is 0.408 e. The summed E-state index contributed by atoms with van der Waals surface area (Å²) in [4.78, 5) is 68.7. The van der Waals surface area contributed by atoms with Crippen LogP contribution in [0, 0.1) is 5.92 Å². The summed E-state index contributed by atoms with van der Waals surface area (Å²) < 4.78 is 46.7. The van der Waals surface area contributed by atoms with Crippen LogP contribution in [0.5, 0.6) is 11.6 Å². The summed E-state index contributed by atoms with van der Waals surface area (Å²) in [5.41, 5.74) is 0.0133. The van der Waals surface area contributed by atoms with E-state index in [1.54, 1.807) is 43.5 Å². The van der Waals surface area contributed by atoms with Crippen molar-refractivity contribution in [1.29, 1.82) is 0 Å². The highest BCUT2D eigenvalue weighted by Crippen LogP contribution is 2.46. The lowest BCUT2D eigenvalue weighted by Gasteiger charge is -2.30. The molecule has 15 nitrogen and oxygen atoms in total. The molecule has 61 heavy (non-hydrogen) atoms. The Morgan fingerprint density at radius 2 is 1.70 bits per heavy atom. The molecule has 2 aromatic heterocycles. The molecule has 4 aliphatic rings. The summed E-state index contributed by atoms with van der Waals surface area (Å²) in [7, 11) is -2.70. The minimum Gasteiger partial charge on any atom is -0.497 e. The standard InChI is InChI=1S/C44H50N6O9S2/c1-57-30-21-22-33-35(24-30)45-38(37-20-13-23-60-37)40(46-33)58-31-25-36-39(51)48-44(42(53)49-61(55,56)32-17-10-6-11-18-32)26-28(44)14-7-3-2-4-12-19-34(41(52)50(36)27-31)47-43(54)59-29-15-8-5-9-16-29/h6-7,10-11,13-14,17-18,20-24,28-29,31,34,36H,2-5,8-9,12,15-16,19,25-27H2,1H3,(H,47,54)(H,48,51)(H,49,53)/b14-7-/t28?,31-,34+,36+,44-/m1/s1. The number of methoxy groups -OCH3 is 1. The molecule has 0 bridgehead atoms. The molecule has 3 N–H and O–H groups in total. The Bertz CT molecular complexity index is 2390. The molecule has 2 aromatic carbocycles. The van der Waals surface area contributed by atoms with E-state index in [0.29, 0.717) is 41.7 Å². The maximum absolute atomic E-state index is 14.8. The van der Waals surface area contributed by atoms with E-state index in [2.05, 4.69) is 15.4 Å². The Hall–Kier alpha value is -5.55. The van der Waals surface area contributed by atoms with Crippen LogP contribution in [0.3, 0.4) is 0 Å². The maximum atomic E-state index is 14.8. The third-order valence-electron chi connectivity index (χ3n) is 11.9. The van der Waals surface area contributed by atoms with Crippen LogP contribution in [0.2, 0.25) is 0 Å². The summed E-state index contributed by atoms with van der Waals surface area (Å²) in [5, 5.41) is 7.65. The second-order valence-electron chi connectivity index (χ2n) is 16.1. The fourth-order valence-electron chi connectivity index (χ4n) is 8.51. The lowest BCUT2D eigenvalue weighted by Crippen LogP contribution is -2.58. The molecule has 322 valence electrons. The number of aromatic nitrogens is 2. The number of sulfonamides is 1. The van der Waals surface area contributed by atoms with Crippen molar-refractivity contribution in [2.45, 2.75) is 112 Å². The molecule has 17 heteroatoms. The second-order valence-corrected chi connectivity index (χ2v) is 18.8. The zero-order chi connectivity index (χ0) is 42.6. The van der Waals surface area contributed by atoms with Crippen LogP contribution in [0.25, 0.3) is 21.6 Å². The number of ether oxygens (including phenoxy) is 3. The molecule has 1 unspecified atom stereocenters. The molecule has 0 radical (unpaired) electrons. The van der Waals surface area contributed by atoms with Crippen molar-refractivity contribution in [3.8, 4) is 22.2 Å². The zero-order valence-corrected chi connectivity index (χ0v) is 35.6. The van der Waals surface area contributed by atoms with E-state index in [9.17, 15) is 27.6 Å². The molecule has 4 amide bonds. The lowest BCUT2D eigenvalue weighted by molar-refractivity contribution is -0.141. The number of carbonyl (C=O) groups is 4. The highest BCUT2D eigenvalue weighted by atomic mass is 32.2. The van der Waals surface area contributed by atoms with Gasteiger partial charge in [0.05, 0.1) is 34.5 Å². The SMILES string of the molecule is COc1ccc2nc(O[C@@H]3C[C@H]4C(=O)N[C@]5(C(=O)NS(=O)(=O)c6ccccc6)CC5/C=C\CCCCC[C@H](NC(=O)OC5CCCCC5)C(=O)N4C3)c(-c3cccs3)nc2c1. The number of nitrogens with one attached hydrogen (secondary N) is 3. The van der Waals surface area contributed by atoms with E-state index in [4.69, 9.17) is 24.2 Å². The van der Waals surface area contributed by atoms with Gasteiger partial charge in [0.15, 0.2) is 0 Å². The molecule has 2 saturated carbocycles. The number of carbonyl (C=O) groups excluding carboxylic acids is 4. The van der Waals surface area contributed by atoms with Gasteiger partial charge in [-0.1, -0.05) is 55.7 Å². The van der Waals surface area contributed by atoms with Crippen LogP contribution in [0.4, 0.5) is 4.79 Å². The summed E-state index contributed by atoms with van der Waals surface area (Å²) >= 11 is 1.45. The fourth-order valence-corrected chi connectivity index (χ4v) is 10.3. The van der Waals surface area contributed by atoms with Gasteiger partial charge < -0.3 is 29.7 Å². The van der Waals surface area contributed by atoms with E-state index in [-0.39, 0.29) is 36.3 Å². The number of amides is 4. The summed E-state index contributed by atoms with van der Waals surface area (Å²) in [6.45, 7) is -0.0517. The van der Waals surface area contributed by atoms with Gasteiger partial charge in [0.2, 0.25) is 17.7 Å². The highest BCUT2D eigenvalue weighted by molar-refractivity contribution is 7.90. The van der Waals surface area contributed by atoms with Gasteiger partial charge >= 0.3 is 6.09 Å². The number of hydrogen-bond acceptors (Lipinski definition) is 12. The van der Waals surface area contributed by atoms with Gasteiger partial charge in [-0.3, -0.25) is 14.4 Å². The van der Waals surface area contributed by atoms with Crippen LogP contribution in [-0.2, 0) is 29.1 Å². The molecule has 4 aromatic rings. The van der Waals surface area contributed by atoms with Crippen LogP contribution in [0.1, 0.15) is 77.0 Å². The van der Waals surface area contributed by atoms with Gasteiger partial charge in [0.1, 0.15) is 41.3 Å². The van der Waals surface area contributed by atoms with E-state index in [0.717, 1.165) is 49.8 Å². The zero-order valence-electron chi connectivity index (χ0n) is 33.9. The van der Waals surface area contributed by atoms with Crippen molar-refractivity contribution < 1.29 is 41.8 Å². The van der Waals surface area contributed by atoms with Crippen molar-refractivity contribution in [2.24, 2.45) is 5.92 Å². The number of fused-ring (bicyclic) bond motifs is 3. The van der Waals surface area contributed by atoms with Crippen molar-refractivity contribution in [3.05, 3.63) is 78.2 Å². The molecular formula is C44H50N6O9S2.